The van der Waals surface area contributed by atoms with Crippen LogP contribution in [0.5, 0.6) is 0 Å². The Kier molecular flexibility index (Phi) is 15.6. The first kappa shape index (κ1) is 24.2. The molecule has 0 fully saturated rings. The van der Waals surface area contributed by atoms with Crippen molar-refractivity contribution in [3.8, 4) is 0 Å². The van der Waals surface area contributed by atoms with Gasteiger partial charge in [-0.2, -0.15) is 0 Å². The van der Waals surface area contributed by atoms with E-state index in [2.05, 4.69) is 30.8 Å². The lowest BCUT2D eigenvalue weighted by Crippen LogP contribution is -2.09. The zero-order valence-corrected chi connectivity index (χ0v) is 18.7. The predicted molar refractivity (Wildman–Crippen MR) is 123 cm³/mol. The average Bonchev–Trinajstić information content (AvgIpc) is 3.17. The fourth-order valence-corrected chi connectivity index (χ4v) is 4.16. The number of hydrogen-bond acceptors (Lipinski definition) is 2. The summed E-state index contributed by atoms with van der Waals surface area (Å²) in [7, 11) is 0. The summed E-state index contributed by atoms with van der Waals surface area (Å²) in [5, 5.41) is 0. The maximum absolute atomic E-state index is 4.29. The Bertz CT molecular complexity index is 361. The molecule has 0 bridgehead atoms. The molecule has 1 aliphatic heterocycles. The Morgan fingerprint density at radius 3 is 1.56 bits per heavy atom. The van der Waals surface area contributed by atoms with Gasteiger partial charge in [-0.1, -0.05) is 121 Å². The molecule has 0 aromatic rings. The van der Waals surface area contributed by atoms with Crippen LogP contribution in [-0.2, 0) is 0 Å². The van der Waals surface area contributed by atoms with Crippen LogP contribution in [0.25, 0.3) is 0 Å². The fourth-order valence-electron chi connectivity index (χ4n) is 4.16. The summed E-state index contributed by atoms with van der Waals surface area (Å²) in [4.78, 5) is 8.57. The molecule has 0 amide bonds. The zero-order valence-electron chi connectivity index (χ0n) is 18.7. The largest absolute Gasteiger partial charge is 0.240 e. The molecule has 0 aliphatic carbocycles. The molecule has 0 spiro atoms. The van der Waals surface area contributed by atoms with E-state index in [1.165, 1.54) is 103 Å². The summed E-state index contributed by atoms with van der Waals surface area (Å²) in [5.41, 5.74) is 0. The minimum absolute atomic E-state index is 0.808. The van der Waals surface area contributed by atoms with Crippen LogP contribution in [0.4, 0.5) is 0 Å². The molecule has 0 aromatic carbocycles. The summed E-state index contributed by atoms with van der Waals surface area (Å²) in [6, 6.07) is 0. The summed E-state index contributed by atoms with van der Waals surface area (Å²) < 4.78 is 0. The lowest BCUT2D eigenvalue weighted by Gasteiger charge is -2.20. The second-order valence-corrected chi connectivity index (χ2v) is 8.90. The number of unbranched alkanes of at least 4 members (excludes halogenated alkanes) is 12. The molecule has 1 heterocycles. The van der Waals surface area contributed by atoms with Crippen molar-refractivity contribution in [3.05, 3.63) is 6.17 Å². The van der Waals surface area contributed by atoms with Crippen molar-refractivity contribution in [2.75, 3.05) is 0 Å². The lowest BCUT2D eigenvalue weighted by molar-refractivity contribution is 0.315. The van der Waals surface area contributed by atoms with E-state index in [0.717, 1.165) is 24.4 Å². The van der Waals surface area contributed by atoms with Crippen molar-refractivity contribution in [3.63, 3.8) is 0 Å². The molecule has 1 rings (SSSR count). The van der Waals surface area contributed by atoms with E-state index in [1.54, 1.807) is 0 Å². The van der Waals surface area contributed by atoms with Crippen LogP contribution >= 0.6 is 0 Å². The van der Waals surface area contributed by atoms with Crippen LogP contribution in [-0.4, -0.2) is 12.4 Å². The van der Waals surface area contributed by atoms with Crippen LogP contribution in [0.3, 0.4) is 0 Å². The quantitative estimate of drug-likeness (QED) is 0.159. The van der Waals surface area contributed by atoms with Gasteiger partial charge in [-0.15, -0.1) is 0 Å². The Balaban J connectivity index is 1.88. The Labute approximate surface area is 170 Å². The van der Waals surface area contributed by atoms with Gasteiger partial charge in [0.2, 0.25) is 6.17 Å². The van der Waals surface area contributed by atoms with Crippen molar-refractivity contribution in [1.29, 1.82) is 0 Å². The minimum atomic E-state index is 0.808. The first-order valence-corrected chi connectivity index (χ1v) is 12.2. The second kappa shape index (κ2) is 17.3. The molecule has 1 atom stereocenters. The molecule has 0 radical (unpaired) electrons. The van der Waals surface area contributed by atoms with Crippen LogP contribution in [0.1, 0.15) is 130 Å². The third-order valence-electron chi connectivity index (χ3n) is 6.11. The van der Waals surface area contributed by atoms with Gasteiger partial charge in [0.25, 0.3) is 0 Å². The highest BCUT2D eigenvalue weighted by Gasteiger charge is 2.18. The van der Waals surface area contributed by atoms with Gasteiger partial charge in [-0.3, -0.25) is 0 Å². The fraction of sp³-hybridized carbons (Fsp3) is 0.880. The van der Waals surface area contributed by atoms with E-state index in [4.69, 9.17) is 0 Å². The molecule has 0 aromatic heterocycles. The molecule has 1 aliphatic rings. The predicted octanol–water partition coefficient (Wildman–Crippen LogP) is 8.55. The molecule has 27 heavy (non-hydrogen) atoms. The monoisotopic (exact) mass is 375 g/mol. The van der Waals surface area contributed by atoms with Crippen molar-refractivity contribution >= 4 is 12.4 Å². The number of aliphatic imine (C=N–C) groups is 2. The molecule has 1 unspecified atom stereocenters. The first-order chi connectivity index (χ1) is 13.2. The highest BCUT2D eigenvalue weighted by atomic mass is 15.0. The van der Waals surface area contributed by atoms with E-state index in [1.807, 2.05) is 12.4 Å². The van der Waals surface area contributed by atoms with E-state index < -0.39 is 0 Å². The molecular formula is C25H47N2+. The van der Waals surface area contributed by atoms with Gasteiger partial charge < -0.3 is 0 Å². The number of nitrogens with zero attached hydrogens (tertiary/aromatic N) is 2. The van der Waals surface area contributed by atoms with Crippen LogP contribution < -0.4 is 0 Å². The molecule has 2 nitrogen and oxygen atoms in total. The minimum Gasteiger partial charge on any atom is -0.0968 e. The molecule has 0 N–H and O–H groups in total. The van der Waals surface area contributed by atoms with Crippen molar-refractivity contribution in [1.82, 2.24) is 0 Å². The Hall–Kier alpha value is -0.790. The second-order valence-electron chi connectivity index (χ2n) is 8.90. The Morgan fingerprint density at radius 2 is 1.07 bits per heavy atom. The molecule has 2 heteroatoms. The van der Waals surface area contributed by atoms with E-state index in [9.17, 15) is 0 Å². The summed E-state index contributed by atoms with van der Waals surface area (Å²) in [5.74, 6) is 1.69. The van der Waals surface area contributed by atoms with Crippen LogP contribution in [0.15, 0.2) is 9.98 Å². The summed E-state index contributed by atoms with van der Waals surface area (Å²) in [6.07, 6.45) is 28.5. The van der Waals surface area contributed by atoms with Gasteiger partial charge in [0.1, 0.15) is 0 Å². The van der Waals surface area contributed by atoms with Gasteiger partial charge in [0.05, 0.1) is 6.42 Å². The normalized spacial score (nSPS) is 14.6. The van der Waals surface area contributed by atoms with E-state index in [0.29, 0.717) is 0 Å². The average molecular weight is 376 g/mol. The molecular weight excluding hydrogens is 328 g/mol. The SMILES string of the molecule is CCCCCCCCCCCCCCCC(CCC[C+]1N=CC=N1)C(C)C. The first-order valence-electron chi connectivity index (χ1n) is 12.2. The highest BCUT2D eigenvalue weighted by molar-refractivity contribution is 6.18. The van der Waals surface area contributed by atoms with Gasteiger partial charge in [-0.05, 0) is 24.7 Å². The maximum atomic E-state index is 4.29. The highest BCUT2D eigenvalue weighted by Crippen LogP contribution is 2.27. The standard InChI is InChI=1S/C25H47N2/c1-4-5-6-7-8-9-10-11-12-13-14-15-16-18-24(23(2)3)19-17-20-25-26-21-22-27-25/h21-24H,4-20H2,1-3H3/q+1. The number of hydrogen-bond donors (Lipinski definition) is 0. The van der Waals surface area contributed by atoms with Gasteiger partial charge in [0, 0.05) is 0 Å². The summed E-state index contributed by atoms with van der Waals surface area (Å²) in [6.45, 7) is 7.09. The van der Waals surface area contributed by atoms with Crippen molar-refractivity contribution < 1.29 is 0 Å². The molecule has 156 valence electrons. The van der Waals surface area contributed by atoms with Gasteiger partial charge in [-0.25, -0.2) is 0 Å². The van der Waals surface area contributed by atoms with Gasteiger partial charge >= 0.3 is 0 Å². The third kappa shape index (κ3) is 13.9. The van der Waals surface area contributed by atoms with Gasteiger partial charge in [0.15, 0.2) is 12.4 Å². The Morgan fingerprint density at radius 1 is 0.630 bits per heavy atom. The van der Waals surface area contributed by atoms with Crippen molar-refractivity contribution in [2.24, 2.45) is 21.8 Å². The van der Waals surface area contributed by atoms with E-state index in [-0.39, 0.29) is 0 Å². The topological polar surface area (TPSA) is 24.7 Å². The summed E-state index contributed by atoms with van der Waals surface area (Å²) >= 11 is 0. The van der Waals surface area contributed by atoms with Crippen LogP contribution in [0.2, 0.25) is 0 Å². The molecule has 0 saturated carbocycles. The zero-order chi connectivity index (χ0) is 19.6. The van der Waals surface area contributed by atoms with Crippen molar-refractivity contribution in [2.45, 2.75) is 130 Å². The van der Waals surface area contributed by atoms with E-state index >= 15 is 0 Å². The molecule has 0 saturated heterocycles. The van der Waals surface area contributed by atoms with Crippen LogP contribution in [0, 0.1) is 18.0 Å². The lowest BCUT2D eigenvalue weighted by atomic mass is 9.86. The smallest absolute Gasteiger partial charge is 0.0968 e. The maximum Gasteiger partial charge on any atom is 0.240 e. The number of rotatable bonds is 19. The third-order valence-corrected chi connectivity index (χ3v) is 6.11.